The summed E-state index contributed by atoms with van der Waals surface area (Å²) in [4.78, 5) is 0. The number of nitrogens with zero attached hydrogens (tertiary/aromatic N) is 4. The van der Waals surface area contributed by atoms with Crippen molar-refractivity contribution in [2.24, 2.45) is 5.92 Å². The Bertz CT molecular complexity index is 902. The lowest BCUT2D eigenvalue weighted by molar-refractivity contribution is -0.146. The van der Waals surface area contributed by atoms with Crippen molar-refractivity contribution in [3.63, 3.8) is 0 Å². The lowest BCUT2D eigenvalue weighted by atomic mass is 10.0. The van der Waals surface area contributed by atoms with Crippen molar-refractivity contribution in [3.8, 4) is 0 Å². The van der Waals surface area contributed by atoms with Crippen LogP contribution in [-0.2, 0) is 6.18 Å². The van der Waals surface area contributed by atoms with E-state index in [0.717, 1.165) is 18.4 Å². The van der Waals surface area contributed by atoms with E-state index in [9.17, 15) is 13.2 Å². The molecule has 0 aliphatic heterocycles. The van der Waals surface area contributed by atoms with Gasteiger partial charge < -0.3 is 5.32 Å². The Hall–Kier alpha value is -2.35. The van der Waals surface area contributed by atoms with Crippen LogP contribution in [-0.4, -0.2) is 19.8 Å². The van der Waals surface area contributed by atoms with Crippen molar-refractivity contribution in [1.82, 2.24) is 19.8 Å². The molecule has 1 atom stereocenters. The Morgan fingerprint density at radius 2 is 1.80 bits per heavy atom. The van der Waals surface area contributed by atoms with Crippen LogP contribution in [0.4, 0.5) is 19.0 Å². The minimum absolute atomic E-state index is 0.0342. The fourth-order valence-corrected chi connectivity index (χ4v) is 2.90. The highest BCUT2D eigenvalue weighted by Gasteiger charge is 2.38. The smallest absolute Gasteiger partial charge is 0.362 e. The first-order valence-corrected chi connectivity index (χ1v) is 8.11. The zero-order valence-corrected chi connectivity index (χ0v) is 13.6. The Labute approximate surface area is 145 Å². The van der Waals surface area contributed by atoms with Gasteiger partial charge in [-0.25, -0.2) is 0 Å². The van der Waals surface area contributed by atoms with Crippen LogP contribution in [0.5, 0.6) is 0 Å². The van der Waals surface area contributed by atoms with Crippen LogP contribution in [0.1, 0.15) is 30.3 Å². The van der Waals surface area contributed by atoms with E-state index in [1.807, 2.05) is 12.1 Å². The van der Waals surface area contributed by atoms with E-state index < -0.39 is 12.0 Å². The predicted molar refractivity (Wildman–Crippen MR) is 86.3 cm³/mol. The second-order valence-corrected chi connectivity index (χ2v) is 6.46. The molecule has 1 N–H and O–H groups in total. The molecule has 3 aromatic rings. The van der Waals surface area contributed by atoms with Crippen LogP contribution in [0, 0.1) is 5.92 Å². The summed E-state index contributed by atoms with van der Waals surface area (Å²) >= 11 is 5.93. The fraction of sp³-hybridized carbons (Fsp3) is 0.312. The molecule has 9 heteroatoms. The molecule has 1 aliphatic rings. The molecule has 0 bridgehead atoms. The molecular formula is C16H13ClF3N5. The summed E-state index contributed by atoms with van der Waals surface area (Å²) < 4.78 is 39.7. The SMILES string of the molecule is FC(F)(F)c1nnc2ccc(N[C@@H](c3ccc(Cl)cc3)C3CC3)nn12. The van der Waals surface area contributed by atoms with Gasteiger partial charge in [-0.3, -0.25) is 0 Å². The molecule has 130 valence electrons. The normalized spacial score (nSPS) is 16.2. The zero-order chi connectivity index (χ0) is 17.6. The number of anilines is 1. The van der Waals surface area contributed by atoms with Crippen LogP contribution >= 0.6 is 11.6 Å². The van der Waals surface area contributed by atoms with Gasteiger partial charge >= 0.3 is 6.18 Å². The highest BCUT2D eigenvalue weighted by Crippen LogP contribution is 2.43. The molecule has 25 heavy (non-hydrogen) atoms. The third kappa shape index (κ3) is 3.26. The summed E-state index contributed by atoms with van der Waals surface area (Å²) in [7, 11) is 0. The molecule has 1 aliphatic carbocycles. The summed E-state index contributed by atoms with van der Waals surface area (Å²) in [6, 6.07) is 10.5. The highest BCUT2D eigenvalue weighted by atomic mass is 35.5. The number of nitrogens with one attached hydrogen (secondary N) is 1. The monoisotopic (exact) mass is 367 g/mol. The summed E-state index contributed by atoms with van der Waals surface area (Å²) in [6.07, 6.45) is -2.50. The number of aromatic nitrogens is 4. The number of halogens is 4. The minimum Gasteiger partial charge on any atom is -0.362 e. The van der Waals surface area contributed by atoms with Crippen molar-refractivity contribution in [2.75, 3.05) is 5.32 Å². The number of rotatable bonds is 4. The first kappa shape index (κ1) is 16.1. The Morgan fingerprint density at radius 1 is 1.08 bits per heavy atom. The minimum atomic E-state index is -4.61. The molecule has 2 heterocycles. The molecule has 0 spiro atoms. The number of benzene rings is 1. The summed E-state index contributed by atoms with van der Waals surface area (Å²) in [5, 5.41) is 14.6. The van der Waals surface area contributed by atoms with Gasteiger partial charge in [-0.1, -0.05) is 23.7 Å². The number of alkyl halides is 3. The lowest BCUT2D eigenvalue weighted by Gasteiger charge is -2.19. The molecule has 0 saturated heterocycles. The van der Waals surface area contributed by atoms with Crippen LogP contribution in [0.25, 0.3) is 5.65 Å². The molecule has 2 aromatic heterocycles. The van der Waals surface area contributed by atoms with Crippen molar-refractivity contribution in [3.05, 3.63) is 52.8 Å². The molecule has 0 radical (unpaired) electrons. The number of hydrogen-bond acceptors (Lipinski definition) is 4. The molecule has 1 aromatic carbocycles. The van der Waals surface area contributed by atoms with Crippen LogP contribution in [0.2, 0.25) is 5.02 Å². The molecule has 0 unspecified atom stereocenters. The van der Waals surface area contributed by atoms with Gasteiger partial charge in [-0.05, 0) is 48.6 Å². The standard InChI is InChI=1S/C16H13ClF3N5/c17-11-5-3-10(4-6-11)14(9-1-2-9)21-12-7-8-13-22-23-15(16(18,19)20)25(13)24-12/h3-9,14H,1-2H2,(H,21,24)/t14-/m1/s1. The first-order valence-electron chi connectivity index (χ1n) is 7.73. The molecule has 0 amide bonds. The molecule has 5 nitrogen and oxygen atoms in total. The molecule has 1 saturated carbocycles. The highest BCUT2D eigenvalue weighted by molar-refractivity contribution is 6.30. The van der Waals surface area contributed by atoms with E-state index in [2.05, 4.69) is 20.6 Å². The zero-order valence-electron chi connectivity index (χ0n) is 12.8. The van der Waals surface area contributed by atoms with E-state index in [1.165, 1.54) is 6.07 Å². The Balaban J connectivity index is 1.67. The maximum atomic E-state index is 13.0. The average Bonchev–Trinajstić information content (AvgIpc) is 3.31. The largest absolute Gasteiger partial charge is 0.453 e. The van der Waals surface area contributed by atoms with Gasteiger partial charge in [0.15, 0.2) is 5.65 Å². The van der Waals surface area contributed by atoms with Crippen molar-refractivity contribution < 1.29 is 13.2 Å². The second-order valence-electron chi connectivity index (χ2n) is 6.02. The maximum absolute atomic E-state index is 13.0. The van der Waals surface area contributed by atoms with E-state index >= 15 is 0 Å². The number of fused-ring (bicyclic) bond motifs is 1. The van der Waals surface area contributed by atoms with Gasteiger partial charge in [-0.15, -0.1) is 15.3 Å². The van der Waals surface area contributed by atoms with E-state index in [-0.39, 0.29) is 11.7 Å². The quantitative estimate of drug-likeness (QED) is 0.744. The van der Waals surface area contributed by atoms with Crippen LogP contribution in [0.3, 0.4) is 0 Å². The summed E-state index contributed by atoms with van der Waals surface area (Å²) in [6.45, 7) is 0. The van der Waals surface area contributed by atoms with Gasteiger partial charge in [0, 0.05) is 5.02 Å². The van der Waals surface area contributed by atoms with Crippen molar-refractivity contribution in [2.45, 2.75) is 25.1 Å². The maximum Gasteiger partial charge on any atom is 0.453 e. The third-order valence-electron chi connectivity index (χ3n) is 4.14. The summed E-state index contributed by atoms with van der Waals surface area (Å²) in [5.41, 5.74) is 1.07. The van der Waals surface area contributed by atoms with Crippen molar-refractivity contribution in [1.29, 1.82) is 0 Å². The van der Waals surface area contributed by atoms with Gasteiger partial charge in [0.25, 0.3) is 5.82 Å². The average molecular weight is 368 g/mol. The molecular weight excluding hydrogens is 355 g/mol. The topological polar surface area (TPSA) is 55.1 Å². The van der Waals surface area contributed by atoms with Crippen molar-refractivity contribution >= 4 is 23.1 Å². The van der Waals surface area contributed by atoms with Gasteiger partial charge in [0.05, 0.1) is 6.04 Å². The first-order chi connectivity index (χ1) is 11.9. The fourth-order valence-electron chi connectivity index (χ4n) is 2.77. The van der Waals surface area contributed by atoms with Gasteiger partial charge in [0.1, 0.15) is 5.82 Å². The number of hydrogen-bond donors (Lipinski definition) is 1. The lowest BCUT2D eigenvalue weighted by Crippen LogP contribution is -2.16. The third-order valence-corrected chi connectivity index (χ3v) is 4.39. The molecule has 1 fully saturated rings. The Kier molecular flexibility index (Phi) is 3.79. The molecule has 4 rings (SSSR count). The Morgan fingerprint density at radius 3 is 2.44 bits per heavy atom. The predicted octanol–water partition coefficient (Wildman–Crippen LogP) is 4.36. The van der Waals surface area contributed by atoms with E-state index in [0.29, 0.717) is 21.3 Å². The second kappa shape index (κ2) is 5.87. The van der Waals surface area contributed by atoms with Gasteiger partial charge in [-0.2, -0.15) is 17.7 Å². The van der Waals surface area contributed by atoms with Crippen LogP contribution in [0.15, 0.2) is 36.4 Å². The summed E-state index contributed by atoms with van der Waals surface area (Å²) in [5.74, 6) is -0.382. The van der Waals surface area contributed by atoms with Gasteiger partial charge in [0.2, 0.25) is 0 Å². The van der Waals surface area contributed by atoms with E-state index in [4.69, 9.17) is 11.6 Å². The van der Waals surface area contributed by atoms with Crippen LogP contribution < -0.4 is 5.32 Å². The van der Waals surface area contributed by atoms with E-state index in [1.54, 1.807) is 18.2 Å².